The number of hydrogen-bond donors (Lipinski definition) is 1. The number of carbonyl (C=O) groups is 4. The Bertz CT molecular complexity index is 1610. The Labute approximate surface area is 316 Å². The van der Waals surface area contributed by atoms with Gasteiger partial charge in [-0.2, -0.15) is 0 Å². The second kappa shape index (κ2) is 16.5. The zero-order valence-electron chi connectivity index (χ0n) is 30.3. The number of nitrogens with zero attached hydrogens (tertiary/aromatic N) is 5. The Morgan fingerprint density at radius 1 is 0.788 bits per heavy atom. The number of anilines is 1. The zero-order valence-corrected chi connectivity index (χ0v) is 31.8. The summed E-state index contributed by atoms with van der Waals surface area (Å²) in [5.74, 6) is -0.233. The SMILES string of the molecule is CC(C)(C)OC(=O)N1CCN(C2CCN(C(=O)[C@@H](Cc3ccc(Cl)c(Cl)c3)OC(=O)N3CCC(N4CCc5ccccc5NC4=O)CC3)CC2)CC1. The first-order valence-electron chi connectivity index (χ1n) is 18.4. The van der Waals surface area contributed by atoms with Gasteiger partial charge in [-0.15, -0.1) is 0 Å². The number of rotatable bonds is 6. The van der Waals surface area contributed by atoms with Gasteiger partial charge in [0.25, 0.3) is 5.91 Å². The lowest BCUT2D eigenvalue weighted by Crippen LogP contribution is -2.56. The van der Waals surface area contributed by atoms with Crippen LogP contribution in [0.1, 0.15) is 57.6 Å². The van der Waals surface area contributed by atoms with Crippen LogP contribution in [0.4, 0.5) is 20.1 Å². The van der Waals surface area contributed by atoms with Crippen molar-refractivity contribution in [1.29, 1.82) is 0 Å². The lowest BCUT2D eigenvalue weighted by Gasteiger charge is -2.43. The molecular formula is C38H50Cl2N6O6. The maximum atomic E-state index is 14.1. The van der Waals surface area contributed by atoms with Crippen molar-refractivity contribution in [3.63, 3.8) is 0 Å². The van der Waals surface area contributed by atoms with Crippen molar-refractivity contribution in [1.82, 2.24) is 24.5 Å². The third kappa shape index (κ3) is 9.43. The third-order valence-electron chi connectivity index (χ3n) is 10.5. The van der Waals surface area contributed by atoms with Gasteiger partial charge < -0.3 is 34.4 Å². The molecular weight excluding hydrogens is 707 g/mol. The van der Waals surface area contributed by atoms with Gasteiger partial charge in [-0.25, -0.2) is 14.4 Å². The van der Waals surface area contributed by atoms with Gasteiger partial charge in [0.15, 0.2) is 6.10 Å². The highest BCUT2D eigenvalue weighted by molar-refractivity contribution is 6.42. The number of likely N-dealkylation sites (tertiary alicyclic amines) is 2. The van der Waals surface area contributed by atoms with Gasteiger partial charge in [-0.05, 0) is 82.2 Å². The van der Waals surface area contributed by atoms with Crippen LogP contribution < -0.4 is 5.32 Å². The molecule has 1 N–H and O–H groups in total. The fourth-order valence-corrected chi connectivity index (χ4v) is 7.93. The van der Waals surface area contributed by atoms with E-state index in [0.29, 0.717) is 74.7 Å². The molecule has 0 aliphatic carbocycles. The summed E-state index contributed by atoms with van der Waals surface area (Å²) < 4.78 is 11.6. The van der Waals surface area contributed by atoms with Crippen molar-refractivity contribution < 1.29 is 28.7 Å². The van der Waals surface area contributed by atoms with Crippen molar-refractivity contribution in [2.45, 2.75) is 83.1 Å². The summed E-state index contributed by atoms with van der Waals surface area (Å²) in [6.07, 6.45) is 1.87. The van der Waals surface area contributed by atoms with E-state index in [1.807, 2.05) is 49.9 Å². The van der Waals surface area contributed by atoms with Crippen LogP contribution in [0.25, 0.3) is 0 Å². The molecule has 2 aromatic carbocycles. The zero-order chi connectivity index (χ0) is 37.0. The Balaban J connectivity index is 1.03. The molecule has 12 nitrogen and oxygen atoms in total. The average molecular weight is 758 g/mol. The minimum absolute atomic E-state index is 0.00594. The highest BCUT2D eigenvalue weighted by Crippen LogP contribution is 2.27. The summed E-state index contributed by atoms with van der Waals surface area (Å²) in [5.41, 5.74) is 2.16. The van der Waals surface area contributed by atoms with Gasteiger partial charge >= 0.3 is 18.2 Å². The summed E-state index contributed by atoms with van der Waals surface area (Å²) >= 11 is 12.5. The van der Waals surface area contributed by atoms with Crippen LogP contribution in [0, 0.1) is 0 Å². The van der Waals surface area contributed by atoms with Crippen molar-refractivity contribution in [3.8, 4) is 0 Å². The summed E-state index contributed by atoms with van der Waals surface area (Å²) in [6, 6.07) is 13.2. The molecule has 0 bridgehead atoms. The van der Waals surface area contributed by atoms with E-state index in [2.05, 4.69) is 10.2 Å². The number of para-hydroxylation sites is 1. The minimum Gasteiger partial charge on any atom is -0.444 e. The summed E-state index contributed by atoms with van der Waals surface area (Å²) in [4.78, 5) is 62.8. The number of halogens is 2. The number of urea groups is 1. The van der Waals surface area contributed by atoms with E-state index in [1.54, 1.807) is 32.9 Å². The number of benzene rings is 2. The van der Waals surface area contributed by atoms with Gasteiger partial charge in [0.2, 0.25) is 0 Å². The Kier molecular flexibility index (Phi) is 12.1. The van der Waals surface area contributed by atoms with E-state index in [9.17, 15) is 19.2 Å². The normalized spacial score (nSPS) is 20.1. The van der Waals surface area contributed by atoms with Crippen molar-refractivity contribution in [2.75, 3.05) is 64.2 Å². The largest absolute Gasteiger partial charge is 0.444 e. The standard InChI is InChI=1S/C38H50Cl2N6O6/c1-38(2,3)52-37(50)45-22-20-42(21-23-45)28-11-15-43(16-12-28)34(47)33(25-26-8-9-30(39)31(40)24-26)51-36(49)44-17-13-29(14-18-44)46-19-10-27-6-4-5-7-32(27)41-35(46)48/h4-9,24,28-29,33H,10-23,25H2,1-3H3,(H,41,48)/t33-/m1/s1. The van der Waals surface area contributed by atoms with Crippen LogP contribution in [-0.2, 0) is 27.1 Å². The number of fused-ring (bicyclic) bond motifs is 1. The lowest BCUT2D eigenvalue weighted by molar-refractivity contribution is -0.142. The molecule has 5 amide bonds. The molecule has 0 unspecified atom stereocenters. The monoisotopic (exact) mass is 756 g/mol. The van der Waals surface area contributed by atoms with Crippen molar-refractivity contribution in [3.05, 3.63) is 63.6 Å². The number of carbonyl (C=O) groups excluding carboxylic acids is 4. The number of piperazine rings is 1. The first-order valence-corrected chi connectivity index (χ1v) is 19.2. The molecule has 52 heavy (non-hydrogen) atoms. The van der Waals surface area contributed by atoms with Gasteiger partial charge in [0, 0.05) is 83.1 Å². The molecule has 4 heterocycles. The maximum absolute atomic E-state index is 14.1. The lowest BCUT2D eigenvalue weighted by atomic mass is 10.0. The smallest absolute Gasteiger partial charge is 0.410 e. The minimum atomic E-state index is -1.04. The van der Waals surface area contributed by atoms with Gasteiger partial charge in [-0.3, -0.25) is 9.69 Å². The van der Waals surface area contributed by atoms with E-state index in [4.69, 9.17) is 32.7 Å². The molecule has 4 aliphatic heterocycles. The molecule has 4 aliphatic rings. The second-order valence-corrected chi connectivity index (χ2v) is 15.9. The first kappa shape index (κ1) is 38.0. The Hall–Kier alpha value is -3.74. The maximum Gasteiger partial charge on any atom is 0.410 e. The fraction of sp³-hybridized carbons (Fsp3) is 0.579. The highest BCUT2D eigenvalue weighted by atomic mass is 35.5. The van der Waals surface area contributed by atoms with Crippen LogP contribution in [0.3, 0.4) is 0 Å². The Morgan fingerprint density at radius 2 is 1.42 bits per heavy atom. The van der Waals surface area contributed by atoms with Gasteiger partial charge in [0.05, 0.1) is 10.0 Å². The van der Waals surface area contributed by atoms with E-state index in [0.717, 1.165) is 49.2 Å². The number of ether oxygens (including phenoxy) is 2. The highest BCUT2D eigenvalue weighted by Gasteiger charge is 2.37. The van der Waals surface area contributed by atoms with Crippen LogP contribution >= 0.6 is 23.2 Å². The molecule has 0 aromatic heterocycles. The molecule has 0 spiro atoms. The number of amides is 5. The summed E-state index contributed by atoms with van der Waals surface area (Å²) in [7, 11) is 0. The molecule has 6 rings (SSSR count). The Morgan fingerprint density at radius 3 is 2.10 bits per heavy atom. The molecule has 1 atom stereocenters. The topological polar surface area (TPSA) is 115 Å². The van der Waals surface area contributed by atoms with Crippen molar-refractivity contribution in [2.24, 2.45) is 0 Å². The van der Waals surface area contributed by atoms with Crippen LogP contribution in [-0.4, -0.2) is 131 Å². The van der Waals surface area contributed by atoms with Crippen LogP contribution in [0.15, 0.2) is 42.5 Å². The van der Waals surface area contributed by atoms with E-state index in [-0.39, 0.29) is 30.5 Å². The first-order chi connectivity index (χ1) is 24.8. The number of piperidine rings is 2. The predicted octanol–water partition coefficient (Wildman–Crippen LogP) is 6.14. The molecule has 3 fully saturated rings. The summed E-state index contributed by atoms with van der Waals surface area (Å²) in [6.45, 7) is 10.8. The summed E-state index contributed by atoms with van der Waals surface area (Å²) in [5, 5.41) is 3.81. The van der Waals surface area contributed by atoms with Crippen molar-refractivity contribution >= 4 is 53.0 Å². The van der Waals surface area contributed by atoms with Crippen LogP contribution in [0.2, 0.25) is 10.0 Å². The van der Waals surface area contributed by atoms with Crippen LogP contribution in [0.5, 0.6) is 0 Å². The van der Waals surface area contributed by atoms with Gasteiger partial charge in [-0.1, -0.05) is 47.5 Å². The second-order valence-electron chi connectivity index (χ2n) is 15.1. The van der Waals surface area contributed by atoms with Gasteiger partial charge in [0.1, 0.15) is 5.60 Å². The molecule has 282 valence electrons. The molecule has 2 aromatic rings. The average Bonchev–Trinajstić information content (AvgIpc) is 3.30. The molecule has 0 saturated carbocycles. The molecule has 14 heteroatoms. The third-order valence-corrected chi connectivity index (χ3v) is 11.2. The fourth-order valence-electron chi connectivity index (χ4n) is 7.61. The number of hydrogen-bond acceptors (Lipinski definition) is 7. The predicted molar refractivity (Wildman–Crippen MR) is 200 cm³/mol. The quantitative estimate of drug-likeness (QED) is 0.377. The van der Waals surface area contributed by atoms with E-state index < -0.39 is 17.8 Å². The number of nitrogens with one attached hydrogen (secondary N) is 1. The van der Waals surface area contributed by atoms with E-state index in [1.165, 1.54) is 0 Å². The molecule has 3 saturated heterocycles. The molecule has 0 radical (unpaired) electrons. The van der Waals surface area contributed by atoms with E-state index >= 15 is 0 Å².